The second-order valence-corrected chi connectivity index (χ2v) is 7.14. The zero-order valence-corrected chi connectivity index (χ0v) is 14.8. The first-order chi connectivity index (χ1) is 12.3. The first-order valence-corrected chi connectivity index (χ1v) is 9.09. The monoisotopic (exact) mass is 400 g/mol. The smallest absolute Gasteiger partial charge is 0.321 e. The van der Waals surface area contributed by atoms with Crippen molar-refractivity contribution in [3.63, 3.8) is 0 Å². The highest BCUT2D eigenvalue weighted by Crippen LogP contribution is 2.20. The van der Waals surface area contributed by atoms with Crippen molar-refractivity contribution in [1.29, 1.82) is 0 Å². The normalized spacial score (nSPS) is 11.0. The first-order valence-electron chi connectivity index (χ1n) is 7.23. The molecule has 2 aromatic rings. The first kappa shape index (κ1) is 19.8. The molecule has 0 bridgehead atoms. The van der Waals surface area contributed by atoms with E-state index in [1.807, 2.05) is 4.72 Å². The number of hydrogen-bond acceptors (Lipinski definition) is 5. The van der Waals surface area contributed by atoms with Crippen molar-refractivity contribution in [3.05, 3.63) is 59.4 Å². The standard InChI is InChI=1S/C16H14ClFN2O5S/c17-13-6-1-2-7-14(13)20-15(21)10-25-16(22)9-19-26(23,24)12-5-3-4-11(18)8-12/h1-8,19H,9-10H2,(H,20,21). The van der Waals surface area contributed by atoms with Crippen molar-refractivity contribution in [2.75, 3.05) is 18.5 Å². The van der Waals surface area contributed by atoms with Crippen LogP contribution in [0, 0.1) is 5.82 Å². The maximum atomic E-state index is 13.1. The van der Waals surface area contributed by atoms with E-state index in [1.54, 1.807) is 24.3 Å². The fraction of sp³-hybridized carbons (Fsp3) is 0.125. The molecule has 0 atom stereocenters. The van der Waals surface area contributed by atoms with E-state index in [0.29, 0.717) is 10.7 Å². The van der Waals surface area contributed by atoms with Gasteiger partial charge in [-0.15, -0.1) is 0 Å². The zero-order valence-electron chi connectivity index (χ0n) is 13.2. The minimum Gasteiger partial charge on any atom is -0.455 e. The van der Waals surface area contributed by atoms with Gasteiger partial charge in [0, 0.05) is 0 Å². The molecule has 0 radical (unpaired) electrons. The lowest BCUT2D eigenvalue weighted by Crippen LogP contribution is -2.32. The Labute approximate surface area is 154 Å². The number of nitrogens with one attached hydrogen (secondary N) is 2. The van der Waals surface area contributed by atoms with Gasteiger partial charge in [0.15, 0.2) is 6.61 Å². The predicted molar refractivity (Wildman–Crippen MR) is 92.6 cm³/mol. The van der Waals surface area contributed by atoms with Crippen molar-refractivity contribution >= 4 is 39.2 Å². The molecule has 0 heterocycles. The molecule has 0 unspecified atom stereocenters. The molecule has 0 fully saturated rings. The Balaban J connectivity index is 1.82. The highest BCUT2D eigenvalue weighted by Gasteiger charge is 2.17. The van der Waals surface area contributed by atoms with Crippen molar-refractivity contribution in [3.8, 4) is 0 Å². The van der Waals surface area contributed by atoms with Gasteiger partial charge in [-0.1, -0.05) is 29.8 Å². The number of sulfonamides is 1. The quantitative estimate of drug-likeness (QED) is 0.691. The molecule has 0 aromatic heterocycles. The van der Waals surface area contributed by atoms with Gasteiger partial charge in [0.2, 0.25) is 10.0 Å². The summed E-state index contributed by atoms with van der Waals surface area (Å²) >= 11 is 5.87. The molecule has 2 N–H and O–H groups in total. The summed E-state index contributed by atoms with van der Waals surface area (Å²) in [6.07, 6.45) is 0. The Morgan fingerprint density at radius 3 is 2.54 bits per heavy atom. The summed E-state index contributed by atoms with van der Waals surface area (Å²) in [6, 6.07) is 10.8. The van der Waals surface area contributed by atoms with E-state index in [-0.39, 0.29) is 4.90 Å². The summed E-state index contributed by atoms with van der Waals surface area (Å²) in [5.41, 5.74) is 0.349. The zero-order chi connectivity index (χ0) is 19.2. The third-order valence-corrected chi connectivity index (χ3v) is 4.75. The van der Waals surface area contributed by atoms with E-state index >= 15 is 0 Å². The molecule has 7 nitrogen and oxygen atoms in total. The fourth-order valence-corrected chi connectivity index (χ4v) is 3.00. The second kappa shape index (κ2) is 8.75. The molecule has 0 spiro atoms. The second-order valence-electron chi connectivity index (χ2n) is 4.97. The number of carbonyl (C=O) groups is 2. The molecule has 2 aromatic carbocycles. The topological polar surface area (TPSA) is 102 Å². The highest BCUT2D eigenvalue weighted by atomic mass is 35.5. The van der Waals surface area contributed by atoms with Crippen LogP contribution >= 0.6 is 11.6 Å². The maximum Gasteiger partial charge on any atom is 0.321 e. The van der Waals surface area contributed by atoms with Crippen LogP contribution < -0.4 is 10.0 Å². The Morgan fingerprint density at radius 1 is 1.12 bits per heavy atom. The number of benzene rings is 2. The van der Waals surface area contributed by atoms with Crippen molar-refractivity contribution < 1.29 is 27.1 Å². The summed E-state index contributed by atoms with van der Waals surface area (Å²) in [5, 5.41) is 2.76. The van der Waals surface area contributed by atoms with Crippen LogP contribution in [0.1, 0.15) is 0 Å². The molecule has 0 saturated carbocycles. The largest absolute Gasteiger partial charge is 0.455 e. The lowest BCUT2D eigenvalue weighted by Gasteiger charge is -2.09. The molecule has 0 aliphatic rings. The van der Waals surface area contributed by atoms with E-state index < -0.39 is 40.9 Å². The number of carbonyl (C=O) groups excluding carboxylic acids is 2. The highest BCUT2D eigenvalue weighted by molar-refractivity contribution is 7.89. The molecule has 138 valence electrons. The molecule has 10 heteroatoms. The molecular formula is C16H14ClFN2O5S. The molecule has 1 amide bonds. The average Bonchev–Trinajstić information content (AvgIpc) is 2.60. The van der Waals surface area contributed by atoms with Gasteiger partial charge in [0.1, 0.15) is 12.4 Å². The van der Waals surface area contributed by atoms with Crippen LogP contribution in [0.15, 0.2) is 53.4 Å². The Kier molecular flexibility index (Phi) is 6.67. The predicted octanol–water partition coefficient (Wildman–Crippen LogP) is 1.94. The van der Waals surface area contributed by atoms with Crippen LogP contribution in [0.2, 0.25) is 5.02 Å². The van der Waals surface area contributed by atoms with Crippen LogP contribution in [-0.2, 0) is 24.3 Å². The minimum atomic E-state index is -4.08. The number of rotatable bonds is 7. The molecule has 2 rings (SSSR count). The van der Waals surface area contributed by atoms with E-state index in [1.165, 1.54) is 12.1 Å². The summed E-state index contributed by atoms with van der Waals surface area (Å²) < 4.78 is 43.6. The van der Waals surface area contributed by atoms with Gasteiger partial charge in [-0.2, -0.15) is 4.72 Å². The van der Waals surface area contributed by atoms with Crippen molar-refractivity contribution in [2.45, 2.75) is 4.90 Å². The summed E-state index contributed by atoms with van der Waals surface area (Å²) in [4.78, 5) is 23.0. The SMILES string of the molecule is O=C(COC(=O)CNS(=O)(=O)c1cccc(F)c1)Nc1ccccc1Cl. The van der Waals surface area contributed by atoms with E-state index in [9.17, 15) is 22.4 Å². The third-order valence-electron chi connectivity index (χ3n) is 3.03. The van der Waals surface area contributed by atoms with Crippen LogP contribution in [0.25, 0.3) is 0 Å². The van der Waals surface area contributed by atoms with Gasteiger partial charge >= 0.3 is 5.97 Å². The number of anilines is 1. The molecule has 0 aliphatic carbocycles. The van der Waals surface area contributed by atoms with E-state index in [0.717, 1.165) is 12.1 Å². The lowest BCUT2D eigenvalue weighted by molar-refractivity contribution is -0.146. The number of ether oxygens (including phenoxy) is 1. The molecule has 26 heavy (non-hydrogen) atoms. The van der Waals surface area contributed by atoms with Gasteiger partial charge < -0.3 is 10.1 Å². The van der Waals surface area contributed by atoms with Gasteiger partial charge in [0.05, 0.1) is 15.6 Å². The number of para-hydroxylation sites is 1. The van der Waals surface area contributed by atoms with Crippen molar-refractivity contribution in [1.82, 2.24) is 4.72 Å². The number of hydrogen-bond donors (Lipinski definition) is 2. The van der Waals surface area contributed by atoms with E-state index in [2.05, 4.69) is 10.1 Å². The maximum absolute atomic E-state index is 13.1. The molecule has 0 saturated heterocycles. The number of halogens is 2. The van der Waals surface area contributed by atoms with Crippen LogP contribution in [0.3, 0.4) is 0 Å². The van der Waals surface area contributed by atoms with Crippen LogP contribution in [0.5, 0.6) is 0 Å². The minimum absolute atomic E-state index is 0.315. The van der Waals surface area contributed by atoms with Gasteiger partial charge in [0.25, 0.3) is 5.91 Å². The summed E-state index contributed by atoms with van der Waals surface area (Å²) in [7, 11) is -4.08. The molecular weight excluding hydrogens is 387 g/mol. The Hall–Kier alpha value is -2.49. The van der Waals surface area contributed by atoms with Crippen LogP contribution in [0.4, 0.5) is 10.1 Å². The Morgan fingerprint density at radius 2 is 1.85 bits per heavy atom. The molecule has 0 aliphatic heterocycles. The van der Waals surface area contributed by atoms with E-state index in [4.69, 9.17) is 11.6 Å². The van der Waals surface area contributed by atoms with Gasteiger partial charge in [-0.3, -0.25) is 9.59 Å². The lowest BCUT2D eigenvalue weighted by atomic mass is 10.3. The summed E-state index contributed by atoms with van der Waals surface area (Å²) in [6.45, 7) is -1.33. The fourth-order valence-electron chi connectivity index (χ4n) is 1.82. The van der Waals surface area contributed by atoms with Crippen molar-refractivity contribution in [2.24, 2.45) is 0 Å². The van der Waals surface area contributed by atoms with Gasteiger partial charge in [-0.25, -0.2) is 12.8 Å². The average molecular weight is 401 g/mol. The van der Waals surface area contributed by atoms with Crippen LogP contribution in [-0.4, -0.2) is 33.4 Å². The summed E-state index contributed by atoms with van der Waals surface area (Å²) in [5.74, 6) is -2.34. The van der Waals surface area contributed by atoms with Gasteiger partial charge in [-0.05, 0) is 30.3 Å². The Bertz CT molecular complexity index is 920. The number of esters is 1. The number of amides is 1. The third kappa shape index (κ3) is 5.80.